The first-order valence-corrected chi connectivity index (χ1v) is 5.63. The fraction of sp³-hybridized carbons (Fsp3) is 1.00. The van der Waals surface area contributed by atoms with Crippen LogP contribution in [-0.4, -0.2) is 50.3 Å². The van der Waals surface area contributed by atoms with E-state index in [-0.39, 0.29) is 0 Å². The summed E-state index contributed by atoms with van der Waals surface area (Å²) in [4.78, 5) is 2.55. The third kappa shape index (κ3) is 2.94. The van der Waals surface area contributed by atoms with E-state index in [0.29, 0.717) is 18.2 Å². The minimum Gasteiger partial charge on any atom is -0.381 e. The van der Waals surface area contributed by atoms with Crippen LogP contribution in [0, 0.1) is 0 Å². The van der Waals surface area contributed by atoms with Crippen LogP contribution in [0.3, 0.4) is 0 Å². The second-order valence-electron chi connectivity index (χ2n) is 4.29. The van der Waals surface area contributed by atoms with Crippen LogP contribution < -0.4 is 5.32 Å². The van der Waals surface area contributed by atoms with Crippen molar-refractivity contribution in [1.82, 2.24) is 10.2 Å². The molecule has 2 atom stereocenters. The molecule has 0 aromatic carbocycles. The average Bonchev–Trinajstić information content (AvgIpc) is 2.27. The average molecular weight is 200 g/mol. The summed E-state index contributed by atoms with van der Waals surface area (Å²) in [6.07, 6.45) is 2.84. The Bertz CT molecular complexity index is 155. The van der Waals surface area contributed by atoms with Crippen molar-refractivity contribution >= 4 is 0 Å². The van der Waals surface area contributed by atoms with Crippen molar-refractivity contribution in [2.24, 2.45) is 0 Å². The molecule has 0 amide bonds. The van der Waals surface area contributed by atoms with Crippen molar-refractivity contribution in [3.8, 4) is 0 Å². The Kier molecular flexibility index (Phi) is 4.85. The van der Waals surface area contributed by atoms with Crippen molar-refractivity contribution in [3.05, 3.63) is 0 Å². The highest BCUT2D eigenvalue weighted by Gasteiger charge is 2.24. The lowest BCUT2D eigenvalue weighted by atomic mass is 10.0. The molecule has 1 heterocycles. The Morgan fingerprint density at radius 2 is 1.86 bits per heavy atom. The molecule has 14 heavy (non-hydrogen) atoms. The Hall–Kier alpha value is -0.120. The van der Waals surface area contributed by atoms with Gasteiger partial charge >= 0.3 is 0 Å². The van der Waals surface area contributed by atoms with Gasteiger partial charge < -0.3 is 10.1 Å². The van der Waals surface area contributed by atoms with Crippen molar-refractivity contribution in [2.75, 3.05) is 27.2 Å². The lowest BCUT2D eigenvalue weighted by Crippen LogP contribution is -2.49. The zero-order valence-electron chi connectivity index (χ0n) is 9.92. The summed E-state index contributed by atoms with van der Waals surface area (Å²) in [6.45, 7) is 6.89. The minimum absolute atomic E-state index is 0.489. The summed E-state index contributed by atoms with van der Waals surface area (Å²) in [7, 11) is 3.85. The first-order chi connectivity index (χ1) is 6.69. The molecule has 0 saturated carbocycles. The topological polar surface area (TPSA) is 24.5 Å². The van der Waals surface area contributed by atoms with Crippen LogP contribution in [0.2, 0.25) is 0 Å². The molecule has 0 aromatic heterocycles. The predicted octanol–water partition coefficient (Wildman–Crippen LogP) is 1.09. The number of likely N-dealkylation sites (N-methyl/N-ethyl adjacent to an activating group) is 1. The highest BCUT2D eigenvalue weighted by atomic mass is 16.5. The molecule has 0 aromatic rings. The van der Waals surface area contributed by atoms with Crippen LogP contribution >= 0.6 is 0 Å². The molecule has 0 spiro atoms. The first kappa shape index (κ1) is 12.0. The van der Waals surface area contributed by atoms with Gasteiger partial charge in [-0.15, -0.1) is 0 Å². The maximum atomic E-state index is 5.36. The van der Waals surface area contributed by atoms with E-state index < -0.39 is 0 Å². The van der Waals surface area contributed by atoms with Crippen LogP contribution in [0.4, 0.5) is 0 Å². The van der Waals surface area contributed by atoms with Gasteiger partial charge in [-0.2, -0.15) is 0 Å². The number of nitrogens with zero attached hydrogens (tertiary/aromatic N) is 1. The number of rotatable bonds is 4. The number of likely N-dealkylation sites (tertiary alicyclic amines) is 1. The summed E-state index contributed by atoms with van der Waals surface area (Å²) < 4.78 is 5.36. The molecular weight excluding hydrogens is 176 g/mol. The number of ether oxygens (including phenoxy) is 1. The normalized spacial score (nSPS) is 24.9. The van der Waals surface area contributed by atoms with Gasteiger partial charge in [0.15, 0.2) is 0 Å². The Balaban J connectivity index is 2.33. The molecule has 2 unspecified atom stereocenters. The minimum atomic E-state index is 0.489. The van der Waals surface area contributed by atoms with E-state index >= 15 is 0 Å². The molecule has 1 aliphatic rings. The molecule has 0 aliphatic carbocycles. The molecule has 84 valence electrons. The van der Waals surface area contributed by atoms with E-state index in [2.05, 4.69) is 24.1 Å². The maximum Gasteiger partial charge on any atom is 0.0595 e. The van der Waals surface area contributed by atoms with Gasteiger partial charge in [0.05, 0.1) is 6.10 Å². The first-order valence-electron chi connectivity index (χ1n) is 5.63. The number of hydrogen-bond donors (Lipinski definition) is 1. The molecule has 1 N–H and O–H groups in total. The van der Waals surface area contributed by atoms with Crippen LogP contribution in [0.5, 0.6) is 0 Å². The van der Waals surface area contributed by atoms with Gasteiger partial charge in [0.25, 0.3) is 0 Å². The quantitative estimate of drug-likeness (QED) is 0.735. The van der Waals surface area contributed by atoms with Gasteiger partial charge in [-0.25, -0.2) is 0 Å². The molecule has 0 radical (unpaired) electrons. The van der Waals surface area contributed by atoms with Gasteiger partial charge in [-0.3, -0.25) is 4.90 Å². The zero-order chi connectivity index (χ0) is 10.6. The van der Waals surface area contributed by atoms with Crippen molar-refractivity contribution in [1.29, 1.82) is 0 Å². The Morgan fingerprint density at radius 3 is 2.29 bits per heavy atom. The Labute approximate surface area is 87.8 Å². The largest absolute Gasteiger partial charge is 0.381 e. The zero-order valence-corrected chi connectivity index (χ0v) is 9.92. The maximum absolute atomic E-state index is 5.36. The second-order valence-corrected chi connectivity index (χ2v) is 4.29. The monoisotopic (exact) mass is 200 g/mol. The van der Waals surface area contributed by atoms with Gasteiger partial charge in [0, 0.05) is 32.3 Å². The van der Waals surface area contributed by atoms with E-state index in [1.807, 2.05) is 14.2 Å². The highest BCUT2D eigenvalue weighted by molar-refractivity contribution is 4.81. The molecular formula is C11H24N2O. The van der Waals surface area contributed by atoms with Gasteiger partial charge in [0.2, 0.25) is 0 Å². The third-order valence-electron chi connectivity index (χ3n) is 3.56. The molecule has 1 fully saturated rings. The Morgan fingerprint density at radius 1 is 1.29 bits per heavy atom. The standard InChI is InChI=1S/C11H24N2O/c1-9(12-3)10(2)13-7-5-11(14-4)6-8-13/h9-12H,5-8H2,1-4H3. The van der Waals surface area contributed by atoms with Crippen LogP contribution in [0.25, 0.3) is 0 Å². The highest BCUT2D eigenvalue weighted by Crippen LogP contribution is 2.16. The van der Waals surface area contributed by atoms with Gasteiger partial charge in [-0.1, -0.05) is 0 Å². The smallest absolute Gasteiger partial charge is 0.0595 e. The summed E-state index contributed by atoms with van der Waals surface area (Å²) in [5.74, 6) is 0. The lowest BCUT2D eigenvalue weighted by Gasteiger charge is -2.38. The predicted molar refractivity (Wildman–Crippen MR) is 59.6 cm³/mol. The van der Waals surface area contributed by atoms with E-state index in [1.54, 1.807) is 0 Å². The number of nitrogens with one attached hydrogen (secondary N) is 1. The van der Waals surface area contributed by atoms with Gasteiger partial charge in [0.1, 0.15) is 0 Å². The summed E-state index contributed by atoms with van der Waals surface area (Å²) in [5, 5.41) is 3.31. The number of hydrogen-bond acceptors (Lipinski definition) is 3. The van der Waals surface area contributed by atoms with E-state index in [1.165, 1.54) is 25.9 Å². The van der Waals surface area contributed by atoms with E-state index in [4.69, 9.17) is 4.74 Å². The molecule has 1 aliphatic heterocycles. The van der Waals surface area contributed by atoms with Crippen LogP contribution in [0.1, 0.15) is 26.7 Å². The van der Waals surface area contributed by atoms with Crippen molar-refractivity contribution in [3.63, 3.8) is 0 Å². The SMILES string of the molecule is CNC(C)C(C)N1CCC(OC)CC1. The molecule has 0 bridgehead atoms. The van der Waals surface area contributed by atoms with Crippen LogP contribution in [0.15, 0.2) is 0 Å². The van der Waals surface area contributed by atoms with E-state index in [9.17, 15) is 0 Å². The third-order valence-corrected chi connectivity index (χ3v) is 3.56. The molecule has 1 rings (SSSR count). The summed E-state index contributed by atoms with van der Waals surface area (Å²) in [5.41, 5.74) is 0. The van der Waals surface area contributed by atoms with E-state index in [0.717, 1.165) is 0 Å². The number of methoxy groups -OCH3 is 1. The van der Waals surface area contributed by atoms with Gasteiger partial charge in [-0.05, 0) is 33.7 Å². The fourth-order valence-corrected chi connectivity index (χ4v) is 2.08. The molecule has 3 heteroatoms. The lowest BCUT2D eigenvalue weighted by molar-refractivity contribution is 0.0253. The fourth-order valence-electron chi connectivity index (χ4n) is 2.08. The molecule has 1 saturated heterocycles. The second kappa shape index (κ2) is 5.69. The van der Waals surface area contributed by atoms with Crippen LogP contribution in [-0.2, 0) is 4.74 Å². The van der Waals surface area contributed by atoms with Crippen molar-refractivity contribution in [2.45, 2.75) is 44.9 Å². The summed E-state index contributed by atoms with van der Waals surface area (Å²) >= 11 is 0. The van der Waals surface area contributed by atoms with Crippen molar-refractivity contribution < 1.29 is 4.74 Å². The number of piperidine rings is 1. The summed E-state index contributed by atoms with van der Waals surface area (Å²) in [6, 6.07) is 1.19. The molecule has 3 nitrogen and oxygen atoms in total.